The van der Waals surface area contributed by atoms with E-state index >= 15 is 0 Å². The lowest BCUT2D eigenvalue weighted by Crippen LogP contribution is -2.43. The van der Waals surface area contributed by atoms with E-state index in [0.29, 0.717) is 24.3 Å². The van der Waals surface area contributed by atoms with Gasteiger partial charge in [0.1, 0.15) is 0 Å². The van der Waals surface area contributed by atoms with Crippen molar-refractivity contribution in [2.45, 2.75) is 0 Å². The second-order valence-corrected chi connectivity index (χ2v) is 5.68. The summed E-state index contributed by atoms with van der Waals surface area (Å²) in [6.07, 6.45) is 0. The average Bonchev–Trinajstić information content (AvgIpc) is 2.64. The Morgan fingerprint density at radius 1 is 1.15 bits per heavy atom. The van der Waals surface area contributed by atoms with E-state index < -0.39 is 11.7 Å². The van der Waals surface area contributed by atoms with Gasteiger partial charge in [-0.1, -0.05) is 0 Å². The molecule has 1 aromatic carbocycles. The smallest absolute Gasteiger partial charge is 0.300 e. The van der Waals surface area contributed by atoms with Crippen molar-refractivity contribution >= 4 is 40.0 Å². The van der Waals surface area contributed by atoms with Crippen LogP contribution in [0.5, 0.6) is 0 Å². The first-order chi connectivity index (χ1) is 9.58. The molecule has 1 aromatic rings. The van der Waals surface area contributed by atoms with Crippen molar-refractivity contribution in [1.82, 2.24) is 4.90 Å². The highest BCUT2D eigenvalue weighted by Gasteiger charge is 2.36. The van der Waals surface area contributed by atoms with Gasteiger partial charge in [-0.2, -0.15) is 0 Å². The predicted molar refractivity (Wildman–Crippen MR) is 81.6 cm³/mol. The molecule has 2 N–H and O–H groups in total. The van der Waals surface area contributed by atoms with Gasteiger partial charge in [0.2, 0.25) is 0 Å². The lowest BCUT2D eigenvalue weighted by atomic mass is 10.1. The largest absolute Gasteiger partial charge is 0.395 e. The molecule has 1 aliphatic heterocycles. The number of hydrogen-bond donors (Lipinski definition) is 2. The van der Waals surface area contributed by atoms with Crippen LogP contribution >= 0.6 is 22.6 Å². The molecular formula is C13H15IN2O4. The Bertz CT molecular complexity index is 529. The second kappa shape index (κ2) is 6.61. The molecule has 0 bridgehead atoms. The maximum atomic E-state index is 12.0. The highest BCUT2D eigenvalue weighted by atomic mass is 127. The SMILES string of the molecule is O=C1C(=O)N(CN(CCO)CCO)c2ccc(I)cc21. The molecule has 7 heteroatoms. The minimum atomic E-state index is -0.567. The first-order valence-corrected chi connectivity index (χ1v) is 7.26. The fourth-order valence-electron chi connectivity index (χ4n) is 2.15. The predicted octanol–water partition coefficient (Wildman–Crippen LogP) is 0.0646. The Kier molecular flexibility index (Phi) is 5.08. The fraction of sp³-hybridized carbons (Fsp3) is 0.385. The monoisotopic (exact) mass is 390 g/mol. The van der Waals surface area contributed by atoms with Crippen LogP contribution in [-0.2, 0) is 4.79 Å². The number of benzene rings is 1. The number of amides is 1. The molecule has 0 aliphatic carbocycles. The van der Waals surface area contributed by atoms with Gasteiger partial charge in [0.25, 0.3) is 5.78 Å². The standard InChI is InChI=1S/C13H15IN2O4/c14-9-1-2-11-10(7-9)12(19)13(20)16(11)8-15(3-5-17)4-6-18/h1-2,7,17-18H,3-6,8H2. The van der Waals surface area contributed by atoms with E-state index in [2.05, 4.69) is 22.6 Å². The fourth-order valence-corrected chi connectivity index (χ4v) is 2.64. The van der Waals surface area contributed by atoms with Gasteiger partial charge in [0.15, 0.2) is 0 Å². The van der Waals surface area contributed by atoms with Crippen LogP contribution < -0.4 is 4.90 Å². The third kappa shape index (κ3) is 3.00. The Labute approximate surface area is 130 Å². The number of Topliss-reactive ketones (excluding diaryl/α,β-unsaturated/α-hetero) is 1. The number of fused-ring (bicyclic) bond motifs is 1. The highest BCUT2D eigenvalue weighted by Crippen LogP contribution is 2.30. The number of ketones is 1. The summed E-state index contributed by atoms with van der Waals surface area (Å²) in [6.45, 7) is 0.695. The molecule has 108 valence electrons. The minimum absolute atomic E-state index is 0.0739. The van der Waals surface area contributed by atoms with Gasteiger partial charge in [0.05, 0.1) is 31.1 Å². The number of carbonyl (C=O) groups excluding carboxylic acids is 2. The molecule has 0 radical (unpaired) electrons. The number of halogens is 1. The van der Waals surface area contributed by atoms with Crippen LogP contribution in [0, 0.1) is 3.57 Å². The minimum Gasteiger partial charge on any atom is -0.395 e. The lowest BCUT2D eigenvalue weighted by Gasteiger charge is -2.26. The molecule has 6 nitrogen and oxygen atoms in total. The Hall–Kier alpha value is -1.03. The normalized spacial score (nSPS) is 14.3. The van der Waals surface area contributed by atoms with Crippen molar-refractivity contribution in [1.29, 1.82) is 0 Å². The van der Waals surface area contributed by atoms with E-state index in [1.54, 1.807) is 17.0 Å². The molecular weight excluding hydrogens is 375 g/mol. The summed E-state index contributed by atoms with van der Waals surface area (Å²) in [6, 6.07) is 5.27. The quantitative estimate of drug-likeness (QED) is 0.531. The van der Waals surface area contributed by atoms with Gasteiger partial charge >= 0.3 is 5.91 Å². The van der Waals surface area contributed by atoms with Crippen molar-refractivity contribution in [2.24, 2.45) is 0 Å². The molecule has 1 amide bonds. The van der Waals surface area contributed by atoms with Crippen LogP contribution in [0.3, 0.4) is 0 Å². The summed E-state index contributed by atoms with van der Waals surface area (Å²) in [5, 5.41) is 18.0. The third-order valence-corrected chi connectivity index (χ3v) is 3.78. The third-order valence-electron chi connectivity index (χ3n) is 3.11. The van der Waals surface area contributed by atoms with Crippen molar-refractivity contribution in [2.75, 3.05) is 37.9 Å². The molecule has 1 heterocycles. The van der Waals surface area contributed by atoms with Crippen molar-refractivity contribution in [3.05, 3.63) is 27.3 Å². The summed E-state index contributed by atoms with van der Waals surface area (Å²) in [5.41, 5.74) is 0.996. The van der Waals surface area contributed by atoms with Gasteiger partial charge < -0.3 is 10.2 Å². The van der Waals surface area contributed by atoms with Crippen molar-refractivity contribution in [3.8, 4) is 0 Å². The molecule has 0 saturated heterocycles. The molecule has 2 rings (SSSR count). The van der Waals surface area contributed by atoms with Gasteiger partial charge in [-0.05, 0) is 40.8 Å². The van der Waals surface area contributed by atoms with Gasteiger partial charge in [0, 0.05) is 16.7 Å². The maximum Gasteiger partial charge on any atom is 0.300 e. The van der Waals surface area contributed by atoms with E-state index in [1.165, 1.54) is 4.90 Å². The number of nitrogens with zero attached hydrogens (tertiary/aromatic N) is 2. The van der Waals surface area contributed by atoms with Gasteiger partial charge in [-0.25, -0.2) is 0 Å². The number of carbonyl (C=O) groups is 2. The van der Waals surface area contributed by atoms with Crippen LogP contribution in [0.1, 0.15) is 10.4 Å². The second-order valence-electron chi connectivity index (χ2n) is 4.43. The molecule has 0 atom stereocenters. The lowest BCUT2D eigenvalue weighted by molar-refractivity contribution is -0.114. The number of aliphatic hydroxyl groups excluding tert-OH is 2. The summed E-state index contributed by atoms with van der Waals surface area (Å²) in [7, 11) is 0. The average molecular weight is 390 g/mol. The molecule has 0 aromatic heterocycles. The van der Waals surface area contributed by atoms with Crippen LogP contribution in [0.25, 0.3) is 0 Å². The zero-order valence-corrected chi connectivity index (χ0v) is 12.9. The van der Waals surface area contributed by atoms with Crippen LogP contribution in [0.15, 0.2) is 18.2 Å². The topological polar surface area (TPSA) is 81.1 Å². The van der Waals surface area contributed by atoms with E-state index in [1.807, 2.05) is 6.07 Å². The molecule has 0 spiro atoms. The first-order valence-electron chi connectivity index (χ1n) is 6.18. The van der Waals surface area contributed by atoms with Crippen LogP contribution in [0.4, 0.5) is 5.69 Å². The van der Waals surface area contributed by atoms with Crippen molar-refractivity contribution in [3.63, 3.8) is 0 Å². The number of hydrogen-bond acceptors (Lipinski definition) is 5. The van der Waals surface area contributed by atoms with Crippen LogP contribution in [-0.4, -0.2) is 59.8 Å². The summed E-state index contributed by atoms with van der Waals surface area (Å²) in [4.78, 5) is 27.1. The zero-order chi connectivity index (χ0) is 14.7. The molecule has 1 aliphatic rings. The summed E-state index contributed by atoms with van der Waals surface area (Å²) in [5.74, 6) is -1.07. The maximum absolute atomic E-state index is 12.0. The van der Waals surface area contributed by atoms with E-state index in [9.17, 15) is 9.59 Å². The molecule has 0 unspecified atom stereocenters. The van der Waals surface area contributed by atoms with E-state index in [0.717, 1.165) is 3.57 Å². The summed E-state index contributed by atoms with van der Waals surface area (Å²) >= 11 is 2.09. The summed E-state index contributed by atoms with van der Waals surface area (Å²) < 4.78 is 0.895. The zero-order valence-electron chi connectivity index (χ0n) is 10.8. The Morgan fingerprint density at radius 3 is 2.40 bits per heavy atom. The van der Waals surface area contributed by atoms with E-state index in [-0.39, 0.29) is 19.9 Å². The first kappa shape index (κ1) is 15.4. The van der Waals surface area contributed by atoms with Crippen molar-refractivity contribution < 1.29 is 19.8 Å². The molecule has 0 fully saturated rings. The Morgan fingerprint density at radius 2 is 1.80 bits per heavy atom. The number of aliphatic hydroxyl groups is 2. The van der Waals surface area contributed by atoms with Crippen LogP contribution in [0.2, 0.25) is 0 Å². The highest BCUT2D eigenvalue weighted by molar-refractivity contribution is 14.1. The Balaban J connectivity index is 2.24. The van der Waals surface area contributed by atoms with Gasteiger partial charge in [-0.3, -0.25) is 19.4 Å². The molecule has 0 saturated carbocycles. The number of anilines is 1. The number of rotatable bonds is 6. The van der Waals surface area contributed by atoms with Gasteiger partial charge in [-0.15, -0.1) is 0 Å². The molecule has 20 heavy (non-hydrogen) atoms. The van der Waals surface area contributed by atoms with E-state index in [4.69, 9.17) is 10.2 Å².